The summed E-state index contributed by atoms with van der Waals surface area (Å²) < 4.78 is 41.0. The number of hydrogen-bond donors (Lipinski definition) is 1. The molecule has 1 aliphatic rings. The molecule has 1 aliphatic heterocycles. The normalized spacial score (nSPS) is 14.3. The summed E-state index contributed by atoms with van der Waals surface area (Å²) in [7, 11) is -3.53. The Hall–Kier alpha value is -3.37. The third kappa shape index (κ3) is 5.18. The molecule has 0 atom stereocenters. The fraction of sp³-hybridized carbons (Fsp3) is 0.261. The first-order valence-corrected chi connectivity index (χ1v) is 12.0. The van der Waals surface area contributed by atoms with Crippen LogP contribution in [-0.4, -0.2) is 48.0 Å². The fourth-order valence-electron chi connectivity index (χ4n) is 3.62. The lowest BCUT2D eigenvalue weighted by Gasteiger charge is -2.15. The average Bonchev–Trinajstić information content (AvgIpc) is 3.37. The molecule has 2 aromatic carbocycles. The summed E-state index contributed by atoms with van der Waals surface area (Å²) in [6.07, 6.45) is 1.70. The number of sulfonamides is 1. The molecule has 1 fully saturated rings. The molecule has 33 heavy (non-hydrogen) atoms. The molecule has 4 rings (SSSR count). The van der Waals surface area contributed by atoms with Crippen LogP contribution in [0, 0.1) is 5.82 Å². The van der Waals surface area contributed by atoms with Crippen molar-refractivity contribution in [3.63, 3.8) is 0 Å². The molecule has 0 radical (unpaired) electrons. The van der Waals surface area contributed by atoms with Crippen LogP contribution in [0.25, 0.3) is 11.3 Å². The van der Waals surface area contributed by atoms with Gasteiger partial charge in [0.15, 0.2) is 0 Å². The maximum Gasteiger partial charge on any atom is 0.266 e. The van der Waals surface area contributed by atoms with E-state index >= 15 is 0 Å². The zero-order valence-electron chi connectivity index (χ0n) is 17.8. The van der Waals surface area contributed by atoms with Crippen molar-refractivity contribution in [1.29, 1.82) is 0 Å². The van der Waals surface area contributed by atoms with Gasteiger partial charge >= 0.3 is 0 Å². The molecule has 0 aliphatic carbocycles. The van der Waals surface area contributed by atoms with Crippen molar-refractivity contribution < 1.29 is 17.6 Å². The van der Waals surface area contributed by atoms with E-state index in [0.29, 0.717) is 29.9 Å². The van der Waals surface area contributed by atoms with Gasteiger partial charge in [-0.15, -0.1) is 0 Å². The summed E-state index contributed by atoms with van der Waals surface area (Å²) in [5.41, 5.74) is 1.16. The predicted octanol–water partition coefficient (Wildman–Crippen LogP) is 2.26. The number of aromatic nitrogens is 2. The number of carbonyl (C=O) groups is 1. The van der Waals surface area contributed by atoms with Crippen LogP contribution in [0.15, 0.2) is 70.4 Å². The smallest absolute Gasteiger partial charge is 0.266 e. The van der Waals surface area contributed by atoms with Crippen LogP contribution in [0.5, 0.6) is 0 Å². The van der Waals surface area contributed by atoms with E-state index in [1.54, 1.807) is 18.2 Å². The molecule has 3 aromatic rings. The lowest BCUT2D eigenvalue weighted by atomic mass is 10.1. The van der Waals surface area contributed by atoms with E-state index < -0.39 is 10.0 Å². The van der Waals surface area contributed by atoms with Gasteiger partial charge in [0, 0.05) is 36.8 Å². The number of rotatable bonds is 7. The van der Waals surface area contributed by atoms with Crippen LogP contribution in [0.3, 0.4) is 0 Å². The highest BCUT2D eigenvalue weighted by Gasteiger charge is 2.27. The highest BCUT2D eigenvalue weighted by molar-refractivity contribution is 7.89. The van der Waals surface area contributed by atoms with Crippen LogP contribution in [0.2, 0.25) is 0 Å². The SMILES string of the molecule is O=C(NCCn1nc(-c2ccc(F)cc2)ccc1=O)c1ccc(S(=O)(=O)N2CCCC2)cc1. The maximum absolute atomic E-state index is 13.1. The van der Waals surface area contributed by atoms with Crippen molar-refractivity contribution in [1.82, 2.24) is 19.4 Å². The van der Waals surface area contributed by atoms with E-state index in [1.165, 1.54) is 51.5 Å². The second-order valence-electron chi connectivity index (χ2n) is 7.68. The van der Waals surface area contributed by atoms with E-state index in [4.69, 9.17) is 0 Å². The quantitative estimate of drug-likeness (QED) is 0.571. The lowest BCUT2D eigenvalue weighted by molar-refractivity contribution is 0.0951. The zero-order chi connectivity index (χ0) is 23.4. The molecule has 172 valence electrons. The van der Waals surface area contributed by atoms with E-state index in [9.17, 15) is 22.4 Å². The Bertz CT molecular complexity index is 1300. The minimum atomic E-state index is -3.53. The van der Waals surface area contributed by atoms with Gasteiger partial charge in [0.05, 0.1) is 17.1 Å². The molecule has 0 bridgehead atoms. The van der Waals surface area contributed by atoms with E-state index in [2.05, 4.69) is 10.4 Å². The summed E-state index contributed by atoms with van der Waals surface area (Å²) in [6, 6.07) is 14.5. The number of nitrogens with zero attached hydrogens (tertiary/aromatic N) is 3. The molecule has 0 spiro atoms. The Balaban J connectivity index is 1.38. The number of nitrogens with one attached hydrogen (secondary N) is 1. The van der Waals surface area contributed by atoms with Gasteiger partial charge in [-0.05, 0) is 67.4 Å². The molecule has 8 nitrogen and oxygen atoms in total. The van der Waals surface area contributed by atoms with Gasteiger partial charge in [0.2, 0.25) is 10.0 Å². The summed E-state index contributed by atoms with van der Waals surface area (Å²) in [5, 5.41) is 6.98. The monoisotopic (exact) mass is 470 g/mol. The van der Waals surface area contributed by atoms with Crippen LogP contribution >= 0.6 is 0 Å². The van der Waals surface area contributed by atoms with Crippen LogP contribution in [0.4, 0.5) is 4.39 Å². The van der Waals surface area contributed by atoms with Crippen molar-refractivity contribution >= 4 is 15.9 Å². The Morgan fingerprint density at radius 1 is 0.970 bits per heavy atom. The highest BCUT2D eigenvalue weighted by Crippen LogP contribution is 2.21. The van der Waals surface area contributed by atoms with Crippen LogP contribution in [0.1, 0.15) is 23.2 Å². The zero-order valence-corrected chi connectivity index (χ0v) is 18.6. The third-order valence-electron chi connectivity index (χ3n) is 5.44. The van der Waals surface area contributed by atoms with Crippen molar-refractivity contribution in [2.45, 2.75) is 24.3 Å². The van der Waals surface area contributed by atoms with Gasteiger partial charge in [0.1, 0.15) is 5.82 Å². The van der Waals surface area contributed by atoms with Gasteiger partial charge < -0.3 is 5.32 Å². The van der Waals surface area contributed by atoms with Crippen LogP contribution in [-0.2, 0) is 16.6 Å². The summed E-state index contributed by atoms with van der Waals surface area (Å²) in [4.78, 5) is 24.7. The molecular weight excluding hydrogens is 447 g/mol. The number of carbonyl (C=O) groups excluding carboxylic acids is 1. The molecule has 1 amide bonds. The van der Waals surface area contributed by atoms with Gasteiger partial charge in [-0.2, -0.15) is 9.40 Å². The molecular formula is C23H23FN4O4S. The van der Waals surface area contributed by atoms with E-state index in [0.717, 1.165) is 12.8 Å². The Labute approximate surface area is 190 Å². The third-order valence-corrected chi connectivity index (χ3v) is 7.35. The number of benzene rings is 2. The maximum atomic E-state index is 13.1. The number of amides is 1. The summed E-state index contributed by atoms with van der Waals surface area (Å²) in [6.45, 7) is 1.31. The molecule has 0 unspecified atom stereocenters. The fourth-order valence-corrected chi connectivity index (χ4v) is 5.13. The van der Waals surface area contributed by atoms with Gasteiger partial charge in [-0.25, -0.2) is 17.5 Å². The number of halogens is 1. The Morgan fingerprint density at radius 2 is 1.64 bits per heavy atom. The van der Waals surface area contributed by atoms with Gasteiger partial charge in [-0.3, -0.25) is 9.59 Å². The molecule has 1 aromatic heterocycles. The van der Waals surface area contributed by atoms with Crippen molar-refractivity contribution in [2.75, 3.05) is 19.6 Å². The minimum absolute atomic E-state index is 0.140. The second kappa shape index (κ2) is 9.63. The van der Waals surface area contributed by atoms with Crippen molar-refractivity contribution in [3.8, 4) is 11.3 Å². The van der Waals surface area contributed by atoms with Crippen molar-refractivity contribution in [2.24, 2.45) is 0 Å². The van der Waals surface area contributed by atoms with Gasteiger partial charge in [0.25, 0.3) is 11.5 Å². The standard InChI is InChI=1S/C23H23FN4O4S/c24-19-7-3-17(4-8-19)21-11-12-22(29)28(26-21)16-13-25-23(30)18-5-9-20(10-6-18)33(31,32)27-14-1-2-15-27/h3-12H,1-2,13-16H2,(H,25,30). The first-order valence-electron chi connectivity index (χ1n) is 10.6. The molecule has 10 heteroatoms. The number of hydrogen-bond acceptors (Lipinski definition) is 5. The van der Waals surface area contributed by atoms with Crippen LogP contribution < -0.4 is 10.9 Å². The molecule has 1 saturated heterocycles. The highest BCUT2D eigenvalue weighted by atomic mass is 32.2. The summed E-state index contributed by atoms with van der Waals surface area (Å²) >= 11 is 0. The largest absolute Gasteiger partial charge is 0.350 e. The lowest BCUT2D eigenvalue weighted by Crippen LogP contribution is -2.32. The molecule has 0 saturated carbocycles. The topological polar surface area (TPSA) is 101 Å². The predicted molar refractivity (Wildman–Crippen MR) is 121 cm³/mol. The Morgan fingerprint density at radius 3 is 2.30 bits per heavy atom. The summed E-state index contributed by atoms with van der Waals surface area (Å²) in [5.74, 6) is -0.751. The molecule has 2 heterocycles. The van der Waals surface area contributed by atoms with Gasteiger partial charge in [-0.1, -0.05) is 0 Å². The van der Waals surface area contributed by atoms with Crippen molar-refractivity contribution in [3.05, 3.63) is 82.4 Å². The Kier molecular flexibility index (Phi) is 6.66. The van der Waals surface area contributed by atoms with E-state index in [-0.39, 0.29) is 35.3 Å². The molecule has 1 N–H and O–H groups in total. The first-order chi connectivity index (χ1) is 15.8. The second-order valence-corrected chi connectivity index (χ2v) is 9.62. The average molecular weight is 471 g/mol. The minimum Gasteiger partial charge on any atom is -0.350 e. The van der Waals surface area contributed by atoms with E-state index in [1.807, 2.05) is 0 Å². The first kappa shape index (κ1) is 22.8.